The molecule has 1 heterocycles. The molecule has 0 saturated heterocycles. The SMILES string of the molecule is COC(CN)C(=O)NCc1nc2ccccc2s1.Cl. The predicted octanol–water partition coefficient (Wildman–Crippen LogP) is 1.31. The lowest BCUT2D eigenvalue weighted by Crippen LogP contribution is -2.40. The summed E-state index contributed by atoms with van der Waals surface area (Å²) < 4.78 is 6.07. The molecule has 19 heavy (non-hydrogen) atoms. The minimum Gasteiger partial charge on any atom is -0.370 e. The van der Waals surface area contributed by atoms with Crippen LogP contribution in [0.1, 0.15) is 5.01 Å². The number of benzene rings is 1. The molecule has 1 atom stereocenters. The van der Waals surface area contributed by atoms with Crippen molar-refractivity contribution in [2.75, 3.05) is 13.7 Å². The quantitative estimate of drug-likeness (QED) is 0.873. The molecule has 7 heteroatoms. The van der Waals surface area contributed by atoms with Crippen molar-refractivity contribution in [3.05, 3.63) is 29.3 Å². The zero-order valence-electron chi connectivity index (χ0n) is 10.5. The molecule has 1 amide bonds. The van der Waals surface area contributed by atoms with Gasteiger partial charge in [-0.05, 0) is 12.1 Å². The van der Waals surface area contributed by atoms with Crippen LogP contribution >= 0.6 is 23.7 Å². The number of ether oxygens (including phenoxy) is 1. The molecular weight excluding hydrogens is 286 g/mol. The fourth-order valence-electron chi connectivity index (χ4n) is 1.58. The van der Waals surface area contributed by atoms with Crippen molar-refractivity contribution in [2.24, 2.45) is 5.73 Å². The molecule has 5 nitrogen and oxygen atoms in total. The number of hydrogen-bond donors (Lipinski definition) is 2. The number of para-hydroxylation sites is 1. The van der Waals surface area contributed by atoms with Gasteiger partial charge in [0.2, 0.25) is 0 Å². The molecule has 0 fully saturated rings. The Morgan fingerprint density at radius 3 is 2.89 bits per heavy atom. The first-order chi connectivity index (χ1) is 8.74. The number of amides is 1. The van der Waals surface area contributed by atoms with E-state index < -0.39 is 6.10 Å². The van der Waals surface area contributed by atoms with E-state index in [4.69, 9.17) is 10.5 Å². The van der Waals surface area contributed by atoms with Crippen LogP contribution in [0.4, 0.5) is 0 Å². The minimum atomic E-state index is -0.598. The molecule has 0 radical (unpaired) electrons. The van der Waals surface area contributed by atoms with Gasteiger partial charge in [-0.25, -0.2) is 4.98 Å². The van der Waals surface area contributed by atoms with Crippen LogP contribution in [0.15, 0.2) is 24.3 Å². The van der Waals surface area contributed by atoms with Crippen LogP contribution in [0.25, 0.3) is 10.2 Å². The summed E-state index contributed by atoms with van der Waals surface area (Å²) in [7, 11) is 1.47. The Hall–Kier alpha value is -1.21. The Kier molecular flexibility index (Phi) is 6.17. The maximum atomic E-state index is 11.7. The van der Waals surface area contributed by atoms with Gasteiger partial charge in [-0.2, -0.15) is 0 Å². The fraction of sp³-hybridized carbons (Fsp3) is 0.333. The van der Waals surface area contributed by atoms with E-state index in [0.29, 0.717) is 6.54 Å². The number of halogens is 1. The van der Waals surface area contributed by atoms with Crippen LogP contribution in [-0.2, 0) is 16.1 Å². The van der Waals surface area contributed by atoms with Gasteiger partial charge >= 0.3 is 0 Å². The van der Waals surface area contributed by atoms with E-state index in [0.717, 1.165) is 15.2 Å². The first kappa shape index (κ1) is 15.8. The number of nitrogens with two attached hydrogens (primary N) is 1. The van der Waals surface area contributed by atoms with Gasteiger partial charge in [0.05, 0.1) is 16.8 Å². The molecule has 0 saturated carbocycles. The topological polar surface area (TPSA) is 77.2 Å². The maximum absolute atomic E-state index is 11.7. The molecule has 0 spiro atoms. The van der Waals surface area contributed by atoms with Gasteiger partial charge < -0.3 is 15.8 Å². The number of thiazole rings is 1. The summed E-state index contributed by atoms with van der Waals surface area (Å²) in [5.41, 5.74) is 6.37. The Morgan fingerprint density at radius 2 is 2.26 bits per heavy atom. The van der Waals surface area contributed by atoms with Crippen molar-refractivity contribution >= 4 is 39.9 Å². The average molecular weight is 302 g/mol. The van der Waals surface area contributed by atoms with Gasteiger partial charge in [0.15, 0.2) is 0 Å². The predicted molar refractivity (Wildman–Crippen MR) is 78.6 cm³/mol. The molecule has 2 aromatic rings. The molecule has 0 aliphatic carbocycles. The third kappa shape index (κ3) is 3.87. The summed E-state index contributed by atoms with van der Waals surface area (Å²) >= 11 is 1.57. The second-order valence-corrected chi connectivity index (χ2v) is 4.87. The van der Waals surface area contributed by atoms with Crippen LogP contribution in [0.5, 0.6) is 0 Å². The highest BCUT2D eigenvalue weighted by atomic mass is 35.5. The smallest absolute Gasteiger partial charge is 0.250 e. The summed E-state index contributed by atoms with van der Waals surface area (Å²) in [5, 5.41) is 3.64. The summed E-state index contributed by atoms with van der Waals surface area (Å²) in [6.07, 6.45) is -0.598. The van der Waals surface area contributed by atoms with Crippen LogP contribution in [-0.4, -0.2) is 30.6 Å². The molecule has 0 bridgehead atoms. The highest BCUT2D eigenvalue weighted by Gasteiger charge is 2.15. The molecule has 2 rings (SSSR count). The zero-order valence-corrected chi connectivity index (χ0v) is 12.1. The summed E-state index contributed by atoms with van der Waals surface area (Å²) in [6, 6.07) is 7.88. The number of rotatable bonds is 5. The lowest BCUT2D eigenvalue weighted by Gasteiger charge is -2.11. The van der Waals surface area contributed by atoms with Crippen molar-refractivity contribution in [3.63, 3.8) is 0 Å². The van der Waals surface area contributed by atoms with Crippen LogP contribution in [0, 0.1) is 0 Å². The number of methoxy groups -OCH3 is 1. The maximum Gasteiger partial charge on any atom is 0.250 e. The molecule has 3 N–H and O–H groups in total. The average Bonchev–Trinajstić information content (AvgIpc) is 2.80. The van der Waals surface area contributed by atoms with E-state index in [9.17, 15) is 4.79 Å². The van der Waals surface area contributed by atoms with E-state index in [1.807, 2.05) is 24.3 Å². The van der Waals surface area contributed by atoms with E-state index in [1.54, 1.807) is 11.3 Å². The minimum absolute atomic E-state index is 0. The molecule has 1 aromatic carbocycles. The molecule has 0 aliphatic heterocycles. The standard InChI is InChI=1S/C12H15N3O2S.ClH/c1-17-9(6-13)12(16)14-7-11-15-8-4-2-3-5-10(8)18-11;/h2-5,9H,6-7,13H2,1H3,(H,14,16);1H. The number of nitrogens with zero attached hydrogens (tertiary/aromatic N) is 1. The summed E-state index contributed by atoms with van der Waals surface area (Å²) in [4.78, 5) is 16.1. The van der Waals surface area contributed by atoms with Gasteiger partial charge in [-0.15, -0.1) is 23.7 Å². The molecule has 104 valence electrons. The normalized spacial score (nSPS) is 11.9. The lowest BCUT2D eigenvalue weighted by atomic mass is 10.3. The van der Waals surface area contributed by atoms with Crippen LogP contribution < -0.4 is 11.1 Å². The van der Waals surface area contributed by atoms with Crippen molar-refractivity contribution in [3.8, 4) is 0 Å². The van der Waals surface area contributed by atoms with E-state index in [-0.39, 0.29) is 24.9 Å². The first-order valence-corrected chi connectivity index (χ1v) is 6.41. The molecule has 1 aromatic heterocycles. The third-order valence-electron chi connectivity index (χ3n) is 2.54. The highest BCUT2D eigenvalue weighted by molar-refractivity contribution is 7.18. The number of carbonyl (C=O) groups excluding carboxylic acids is 1. The van der Waals surface area contributed by atoms with Crippen molar-refractivity contribution < 1.29 is 9.53 Å². The van der Waals surface area contributed by atoms with E-state index in [2.05, 4.69) is 10.3 Å². The number of aromatic nitrogens is 1. The first-order valence-electron chi connectivity index (χ1n) is 5.59. The monoisotopic (exact) mass is 301 g/mol. The third-order valence-corrected chi connectivity index (χ3v) is 3.58. The number of hydrogen-bond acceptors (Lipinski definition) is 5. The van der Waals surface area contributed by atoms with E-state index >= 15 is 0 Å². The zero-order chi connectivity index (χ0) is 13.0. The number of fused-ring (bicyclic) bond motifs is 1. The van der Waals surface area contributed by atoms with Crippen molar-refractivity contribution in [2.45, 2.75) is 12.6 Å². The Labute approximate surface area is 121 Å². The van der Waals surface area contributed by atoms with Gasteiger partial charge in [0.1, 0.15) is 11.1 Å². The Balaban J connectivity index is 0.00000180. The van der Waals surface area contributed by atoms with E-state index in [1.165, 1.54) is 7.11 Å². The number of carbonyl (C=O) groups is 1. The van der Waals surface area contributed by atoms with Gasteiger partial charge in [0, 0.05) is 13.7 Å². The highest BCUT2D eigenvalue weighted by Crippen LogP contribution is 2.21. The fourth-order valence-corrected chi connectivity index (χ4v) is 2.49. The number of nitrogens with one attached hydrogen (secondary N) is 1. The van der Waals surface area contributed by atoms with Gasteiger partial charge in [-0.1, -0.05) is 12.1 Å². The molecule has 0 aliphatic rings. The largest absolute Gasteiger partial charge is 0.370 e. The molecular formula is C12H16ClN3O2S. The van der Waals surface area contributed by atoms with Crippen molar-refractivity contribution in [1.82, 2.24) is 10.3 Å². The van der Waals surface area contributed by atoms with Crippen molar-refractivity contribution in [1.29, 1.82) is 0 Å². The van der Waals surface area contributed by atoms with Crippen LogP contribution in [0.3, 0.4) is 0 Å². The van der Waals surface area contributed by atoms with Gasteiger partial charge in [0.25, 0.3) is 5.91 Å². The summed E-state index contributed by atoms with van der Waals surface area (Å²) in [5.74, 6) is -0.209. The lowest BCUT2D eigenvalue weighted by molar-refractivity contribution is -0.130. The summed E-state index contributed by atoms with van der Waals surface area (Å²) in [6.45, 7) is 0.570. The van der Waals surface area contributed by atoms with Crippen LogP contribution in [0.2, 0.25) is 0 Å². The Morgan fingerprint density at radius 1 is 1.53 bits per heavy atom. The Bertz CT molecular complexity index is 510. The molecule has 1 unspecified atom stereocenters. The second-order valence-electron chi connectivity index (χ2n) is 3.75. The van der Waals surface area contributed by atoms with Gasteiger partial charge in [-0.3, -0.25) is 4.79 Å². The second kappa shape index (κ2) is 7.40.